The molecule has 1 aliphatic heterocycles. The van der Waals surface area contributed by atoms with E-state index in [2.05, 4.69) is 24.1 Å². The molecule has 2 rings (SSSR count). The van der Waals surface area contributed by atoms with E-state index in [0.717, 1.165) is 18.8 Å². The average molecular weight is 261 g/mol. The third-order valence-corrected chi connectivity index (χ3v) is 3.58. The van der Waals surface area contributed by atoms with Gasteiger partial charge in [-0.3, -0.25) is 9.78 Å². The number of pyridine rings is 1. The van der Waals surface area contributed by atoms with Gasteiger partial charge in [0.1, 0.15) is 0 Å². The molecule has 2 heterocycles. The molecule has 1 amide bonds. The topological polar surface area (TPSA) is 45.2 Å². The number of aromatic nitrogens is 1. The van der Waals surface area contributed by atoms with E-state index in [9.17, 15) is 4.79 Å². The molecule has 19 heavy (non-hydrogen) atoms. The van der Waals surface area contributed by atoms with Crippen LogP contribution in [0.4, 0.5) is 0 Å². The fraction of sp³-hybridized carbons (Fsp3) is 0.600. The molecule has 0 aliphatic carbocycles. The van der Waals surface area contributed by atoms with Gasteiger partial charge in [0, 0.05) is 30.5 Å². The molecule has 1 saturated heterocycles. The summed E-state index contributed by atoms with van der Waals surface area (Å²) in [7, 11) is 0. The highest BCUT2D eigenvalue weighted by Crippen LogP contribution is 2.11. The SMILES string of the molecule is CC(C)N(CC1CCCN1)C(=O)Cc1ccccn1. The van der Waals surface area contributed by atoms with Gasteiger partial charge in [0.15, 0.2) is 0 Å². The fourth-order valence-electron chi connectivity index (χ4n) is 2.51. The Kier molecular flexibility index (Phi) is 4.91. The molecule has 0 spiro atoms. The summed E-state index contributed by atoms with van der Waals surface area (Å²) in [6.45, 7) is 6.03. The first-order valence-corrected chi connectivity index (χ1v) is 7.09. The van der Waals surface area contributed by atoms with Gasteiger partial charge in [-0.25, -0.2) is 0 Å². The lowest BCUT2D eigenvalue weighted by Gasteiger charge is -2.29. The van der Waals surface area contributed by atoms with Gasteiger partial charge in [-0.05, 0) is 45.4 Å². The van der Waals surface area contributed by atoms with E-state index in [1.165, 1.54) is 12.8 Å². The summed E-state index contributed by atoms with van der Waals surface area (Å²) in [5.74, 6) is 0.169. The highest BCUT2D eigenvalue weighted by molar-refractivity contribution is 5.78. The highest BCUT2D eigenvalue weighted by atomic mass is 16.2. The van der Waals surface area contributed by atoms with Crippen LogP contribution in [0.15, 0.2) is 24.4 Å². The van der Waals surface area contributed by atoms with Crippen LogP contribution in [-0.2, 0) is 11.2 Å². The molecule has 4 nitrogen and oxygen atoms in total. The van der Waals surface area contributed by atoms with E-state index in [0.29, 0.717) is 12.5 Å². The first-order valence-electron chi connectivity index (χ1n) is 7.09. The van der Waals surface area contributed by atoms with Crippen molar-refractivity contribution in [3.8, 4) is 0 Å². The quantitative estimate of drug-likeness (QED) is 0.876. The maximum Gasteiger partial charge on any atom is 0.228 e. The van der Waals surface area contributed by atoms with Gasteiger partial charge in [-0.2, -0.15) is 0 Å². The first-order chi connectivity index (χ1) is 9.16. The van der Waals surface area contributed by atoms with Crippen LogP contribution >= 0.6 is 0 Å². The van der Waals surface area contributed by atoms with E-state index in [4.69, 9.17) is 0 Å². The minimum atomic E-state index is 0.169. The lowest BCUT2D eigenvalue weighted by atomic mass is 10.1. The fourth-order valence-corrected chi connectivity index (χ4v) is 2.51. The van der Waals surface area contributed by atoms with Gasteiger partial charge < -0.3 is 10.2 Å². The Hall–Kier alpha value is -1.42. The van der Waals surface area contributed by atoms with Crippen LogP contribution in [0.25, 0.3) is 0 Å². The number of amides is 1. The smallest absolute Gasteiger partial charge is 0.228 e. The number of carbonyl (C=O) groups is 1. The standard InChI is InChI=1S/C15H23N3O/c1-12(2)18(11-14-7-5-9-17-14)15(19)10-13-6-3-4-8-16-13/h3-4,6,8,12,14,17H,5,7,9-11H2,1-2H3. The van der Waals surface area contributed by atoms with Crippen LogP contribution in [0.2, 0.25) is 0 Å². The largest absolute Gasteiger partial charge is 0.338 e. The van der Waals surface area contributed by atoms with Gasteiger partial charge in [-0.15, -0.1) is 0 Å². The van der Waals surface area contributed by atoms with E-state index in [1.807, 2.05) is 23.1 Å². The molecule has 1 aliphatic rings. The second-order valence-corrected chi connectivity index (χ2v) is 5.43. The zero-order chi connectivity index (χ0) is 13.7. The molecular weight excluding hydrogens is 238 g/mol. The molecule has 4 heteroatoms. The van der Waals surface area contributed by atoms with Crippen molar-refractivity contribution in [2.24, 2.45) is 0 Å². The van der Waals surface area contributed by atoms with Crippen molar-refractivity contribution in [3.05, 3.63) is 30.1 Å². The Balaban J connectivity index is 1.96. The van der Waals surface area contributed by atoms with Crippen LogP contribution in [0.1, 0.15) is 32.4 Å². The van der Waals surface area contributed by atoms with Crippen LogP contribution < -0.4 is 5.32 Å². The van der Waals surface area contributed by atoms with E-state index in [1.54, 1.807) is 6.20 Å². The first kappa shape index (κ1) is 14.0. The Labute approximate surface area is 115 Å². The van der Waals surface area contributed by atoms with Gasteiger partial charge in [-0.1, -0.05) is 6.07 Å². The van der Waals surface area contributed by atoms with Crippen molar-refractivity contribution in [2.75, 3.05) is 13.1 Å². The molecule has 0 aromatic carbocycles. The Morgan fingerprint density at radius 3 is 2.95 bits per heavy atom. The van der Waals surface area contributed by atoms with E-state index >= 15 is 0 Å². The Morgan fingerprint density at radius 1 is 1.53 bits per heavy atom. The summed E-state index contributed by atoms with van der Waals surface area (Å²) in [6.07, 6.45) is 4.51. The number of hydrogen-bond donors (Lipinski definition) is 1. The number of nitrogens with zero attached hydrogens (tertiary/aromatic N) is 2. The van der Waals surface area contributed by atoms with Crippen LogP contribution in [0, 0.1) is 0 Å². The van der Waals surface area contributed by atoms with Gasteiger partial charge in [0.25, 0.3) is 0 Å². The molecular formula is C15H23N3O. The molecule has 1 fully saturated rings. The number of nitrogens with one attached hydrogen (secondary N) is 1. The Morgan fingerprint density at radius 2 is 2.37 bits per heavy atom. The van der Waals surface area contributed by atoms with Gasteiger partial charge in [0.2, 0.25) is 5.91 Å². The third kappa shape index (κ3) is 4.03. The van der Waals surface area contributed by atoms with Crippen LogP contribution in [0.5, 0.6) is 0 Å². The van der Waals surface area contributed by atoms with Gasteiger partial charge >= 0.3 is 0 Å². The van der Waals surface area contributed by atoms with Crippen LogP contribution in [0.3, 0.4) is 0 Å². The predicted molar refractivity (Wildman–Crippen MR) is 75.8 cm³/mol. The maximum absolute atomic E-state index is 12.4. The zero-order valence-corrected chi connectivity index (χ0v) is 11.8. The summed E-state index contributed by atoms with van der Waals surface area (Å²) in [5, 5.41) is 3.45. The number of rotatable bonds is 5. The minimum absolute atomic E-state index is 0.169. The maximum atomic E-state index is 12.4. The van der Waals surface area contributed by atoms with Crippen molar-refractivity contribution in [2.45, 2.75) is 45.2 Å². The third-order valence-electron chi connectivity index (χ3n) is 3.58. The van der Waals surface area contributed by atoms with Crippen molar-refractivity contribution in [3.63, 3.8) is 0 Å². The summed E-state index contributed by atoms with van der Waals surface area (Å²) < 4.78 is 0. The molecule has 1 unspecified atom stereocenters. The second-order valence-electron chi connectivity index (χ2n) is 5.43. The lowest BCUT2D eigenvalue weighted by Crippen LogP contribution is -2.45. The number of carbonyl (C=O) groups excluding carboxylic acids is 1. The van der Waals surface area contributed by atoms with Crippen molar-refractivity contribution in [1.29, 1.82) is 0 Å². The van der Waals surface area contributed by atoms with E-state index < -0.39 is 0 Å². The highest BCUT2D eigenvalue weighted by Gasteiger charge is 2.23. The van der Waals surface area contributed by atoms with Crippen molar-refractivity contribution < 1.29 is 4.79 Å². The summed E-state index contributed by atoms with van der Waals surface area (Å²) in [5.41, 5.74) is 0.845. The molecule has 0 bridgehead atoms. The summed E-state index contributed by atoms with van der Waals surface area (Å²) >= 11 is 0. The second kappa shape index (κ2) is 6.66. The van der Waals surface area contributed by atoms with Gasteiger partial charge in [0.05, 0.1) is 6.42 Å². The zero-order valence-electron chi connectivity index (χ0n) is 11.8. The minimum Gasteiger partial charge on any atom is -0.338 e. The molecule has 1 atom stereocenters. The van der Waals surface area contributed by atoms with E-state index in [-0.39, 0.29) is 11.9 Å². The molecule has 1 aromatic heterocycles. The normalized spacial score (nSPS) is 18.8. The summed E-state index contributed by atoms with van der Waals surface area (Å²) in [6, 6.07) is 6.39. The van der Waals surface area contributed by atoms with Crippen LogP contribution in [-0.4, -0.2) is 41.0 Å². The predicted octanol–water partition coefficient (Wildman–Crippen LogP) is 1.61. The average Bonchev–Trinajstić information content (AvgIpc) is 2.89. The summed E-state index contributed by atoms with van der Waals surface area (Å²) in [4.78, 5) is 18.6. The molecule has 1 N–H and O–H groups in total. The molecule has 0 radical (unpaired) electrons. The molecule has 1 aromatic rings. The number of hydrogen-bond acceptors (Lipinski definition) is 3. The lowest BCUT2D eigenvalue weighted by molar-refractivity contribution is -0.132. The molecule has 104 valence electrons. The van der Waals surface area contributed by atoms with Crippen molar-refractivity contribution >= 4 is 5.91 Å². The Bertz CT molecular complexity index is 399. The van der Waals surface area contributed by atoms with Crippen molar-refractivity contribution in [1.82, 2.24) is 15.2 Å². The molecule has 0 saturated carbocycles. The monoisotopic (exact) mass is 261 g/mol.